The summed E-state index contributed by atoms with van der Waals surface area (Å²) >= 11 is 0. The van der Waals surface area contributed by atoms with E-state index in [9.17, 15) is 0 Å². The summed E-state index contributed by atoms with van der Waals surface area (Å²) < 4.78 is 0. The van der Waals surface area contributed by atoms with Gasteiger partial charge in [-0.2, -0.15) is 0 Å². The standard InChI is InChI=1S/C15H20N4/c1-4-9-19(10-5-1)11-8-16-15-12-17-13-6-2-3-7-14(13)18-15/h2-3,6-7,12H,1,4-5,8-11H2,(H,16,18). The third kappa shape index (κ3) is 3.20. The molecule has 1 fully saturated rings. The Morgan fingerprint density at radius 1 is 1.05 bits per heavy atom. The largest absolute Gasteiger partial charge is 0.367 e. The molecule has 0 atom stereocenters. The fraction of sp³-hybridized carbons (Fsp3) is 0.467. The number of para-hydroxylation sites is 2. The lowest BCUT2D eigenvalue weighted by molar-refractivity contribution is 0.237. The summed E-state index contributed by atoms with van der Waals surface area (Å²) in [5.74, 6) is 0.871. The molecule has 4 nitrogen and oxygen atoms in total. The minimum absolute atomic E-state index is 0.871. The van der Waals surface area contributed by atoms with Crippen LogP contribution in [0, 0.1) is 0 Å². The third-order valence-corrected chi connectivity index (χ3v) is 3.63. The van der Waals surface area contributed by atoms with Gasteiger partial charge in [0.2, 0.25) is 0 Å². The second-order valence-electron chi connectivity index (χ2n) is 5.07. The number of aromatic nitrogens is 2. The molecule has 0 unspecified atom stereocenters. The quantitative estimate of drug-likeness (QED) is 0.912. The van der Waals surface area contributed by atoms with Crippen molar-refractivity contribution in [3.05, 3.63) is 30.5 Å². The first-order valence-corrected chi connectivity index (χ1v) is 7.10. The zero-order chi connectivity index (χ0) is 12.9. The second-order valence-corrected chi connectivity index (χ2v) is 5.07. The minimum Gasteiger partial charge on any atom is -0.367 e. The highest BCUT2D eigenvalue weighted by atomic mass is 15.1. The van der Waals surface area contributed by atoms with E-state index in [1.165, 1.54) is 32.4 Å². The van der Waals surface area contributed by atoms with E-state index in [-0.39, 0.29) is 0 Å². The number of benzene rings is 1. The van der Waals surface area contributed by atoms with E-state index in [1.54, 1.807) is 0 Å². The van der Waals surface area contributed by atoms with Crippen molar-refractivity contribution in [1.29, 1.82) is 0 Å². The molecular formula is C15H20N4. The zero-order valence-corrected chi connectivity index (χ0v) is 11.2. The summed E-state index contributed by atoms with van der Waals surface area (Å²) in [5, 5.41) is 3.37. The molecule has 2 heterocycles. The Hall–Kier alpha value is -1.68. The highest BCUT2D eigenvalue weighted by Crippen LogP contribution is 2.11. The fourth-order valence-electron chi connectivity index (χ4n) is 2.57. The molecule has 19 heavy (non-hydrogen) atoms. The van der Waals surface area contributed by atoms with Gasteiger partial charge in [0.15, 0.2) is 0 Å². The Morgan fingerprint density at radius 2 is 1.84 bits per heavy atom. The molecule has 1 N–H and O–H groups in total. The van der Waals surface area contributed by atoms with Gasteiger partial charge in [-0.3, -0.25) is 4.98 Å². The number of likely N-dealkylation sites (tertiary alicyclic amines) is 1. The van der Waals surface area contributed by atoms with E-state index in [0.29, 0.717) is 0 Å². The first-order chi connectivity index (χ1) is 9.42. The molecule has 0 saturated carbocycles. The Labute approximate surface area is 113 Å². The maximum atomic E-state index is 4.57. The van der Waals surface area contributed by atoms with Crippen LogP contribution in [-0.2, 0) is 0 Å². The number of hydrogen-bond donors (Lipinski definition) is 1. The van der Waals surface area contributed by atoms with Crippen LogP contribution < -0.4 is 5.32 Å². The van der Waals surface area contributed by atoms with Crippen LogP contribution in [-0.4, -0.2) is 41.0 Å². The van der Waals surface area contributed by atoms with Gasteiger partial charge in [0.1, 0.15) is 5.82 Å². The molecule has 1 aliphatic rings. The molecule has 1 aromatic heterocycles. The van der Waals surface area contributed by atoms with Crippen LogP contribution in [0.15, 0.2) is 30.5 Å². The van der Waals surface area contributed by atoms with E-state index >= 15 is 0 Å². The van der Waals surface area contributed by atoms with E-state index in [0.717, 1.165) is 29.9 Å². The van der Waals surface area contributed by atoms with Crippen molar-refractivity contribution in [2.45, 2.75) is 19.3 Å². The van der Waals surface area contributed by atoms with Gasteiger partial charge >= 0.3 is 0 Å². The number of hydrogen-bond acceptors (Lipinski definition) is 4. The summed E-state index contributed by atoms with van der Waals surface area (Å²) in [6.07, 6.45) is 5.89. The van der Waals surface area contributed by atoms with Gasteiger partial charge in [0.05, 0.1) is 17.2 Å². The Bertz CT molecular complexity index is 534. The molecule has 1 saturated heterocycles. The van der Waals surface area contributed by atoms with Crippen LogP contribution >= 0.6 is 0 Å². The number of piperidine rings is 1. The SMILES string of the molecule is c1ccc2nc(NCCN3CCCCC3)cnc2c1. The number of anilines is 1. The van der Waals surface area contributed by atoms with E-state index in [2.05, 4.69) is 20.2 Å². The van der Waals surface area contributed by atoms with E-state index < -0.39 is 0 Å². The monoisotopic (exact) mass is 256 g/mol. The molecule has 0 spiro atoms. The first kappa shape index (κ1) is 12.4. The van der Waals surface area contributed by atoms with Crippen LogP contribution in [0.1, 0.15) is 19.3 Å². The van der Waals surface area contributed by atoms with E-state index in [4.69, 9.17) is 0 Å². The lowest BCUT2D eigenvalue weighted by Gasteiger charge is -2.26. The van der Waals surface area contributed by atoms with Crippen molar-refractivity contribution in [2.24, 2.45) is 0 Å². The average molecular weight is 256 g/mol. The molecule has 2 aromatic rings. The Balaban J connectivity index is 1.56. The molecule has 1 aromatic carbocycles. The molecule has 4 heteroatoms. The summed E-state index contributed by atoms with van der Waals surface area (Å²) in [6, 6.07) is 7.97. The van der Waals surface area contributed by atoms with Crippen LogP contribution in [0.5, 0.6) is 0 Å². The highest BCUT2D eigenvalue weighted by molar-refractivity contribution is 5.75. The smallest absolute Gasteiger partial charge is 0.145 e. The van der Waals surface area contributed by atoms with Gasteiger partial charge in [-0.25, -0.2) is 4.98 Å². The maximum absolute atomic E-state index is 4.57. The topological polar surface area (TPSA) is 41.1 Å². The summed E-state index contributed by atoms with van der Waals surface area (Å²) in [6.45, 7) is 4.51. The molecule has 0 radical (unpaired) electrons. The Kier molecular flexibility index (Phi) is 3.89. The zero-order valence-electron chi connectivity index (χ0n) is 11.2. The van der Waals surface area contributed by atoms with Crippen LogP contribution in [0.25, 0.3) is 11.0 Å². The van der Waals surface area contributed by atoms with Crippen molar-refractivity contribution in [1.82, 2.24) is 14.9 Å². The molecule has 3 rings (SSSR count). The van der Waals surface area contributed by atoms with Crippen molar-refractivity contribution in [2.75, 3.05) is 31.5 Å². The molecule has 0 aliphatic carbocycles. The van der Waals surface area contributed by atoms with Gasteiger partial charge in [-0.15, -0.1) is 0 Å². The van der Waals surface area contributed by atoms with Crippen molar-refractivity contribution in [3.63, 3.8) is 0 Å². The first-order valence-electron chi connectivity index (χ1n) is 7.10. The van der Waals surface area contributed by atoms with Crippen LogP contribution in [0.4, 0.5) is 5.82 Å². The normalized spacial score (nSPS) is 16.6. The lowest BCUT2D eigenvalue weighted by Crippen LogP contribution is -2.33. The highest BCUT2D eigenvalue weighted by Gasteiger charge is 2.09. The predicted octanol–water partition coefficient (Wildman–Crippen LogP) is 2.53. The number of fused-ring (bicyclic) bond motifs is 1. The molecular weight excluding hydrogens is 236 g/mol. The molecule has 100 valence electrons. The molecule has 0 amide bonds. The fourth-order valence-corrected chi connectivity index (χ4v) is 2.57. The Morgan fingerprint density at radius 3 is 2.68 bits per heavy atom. The summed E-state index contributed by atoms with van der Waals surface area (Å²) in [5.41, 5.74) is 1.90. The van der Waals surface area contributed by atoms with E-state index in [1.807, 2.05) is 30.5 Å². The lowest BCUT2D eigenvalue weighted by atomic mass is 10.1. The van der Waals surface area contributed by atoms with Crippen molar-refractivity contribution >= 4 is 16.9 Å². The van der Waals surface area contributed by atoms with Gasteiger partial charge in [0, 0.05) is 13.1 Å². The summed E-state index contributed by atoms with van der Waals surface area (Å²) in [7, 11) is 0. The van der Waals surface area contributed by atoms with Gasteiger partial charge in [-0.1, -0.05) is 18.6 Å². The third-order valence-electron chi connectivity index (χ3n) is 3.63. The van der Waals surface area contributed by atoms with Gasteiger partial charge in [-0.05, 0) is 38.1 Å². The van der Waals surface area contributed by atoms with Gasteiger partial charge in [0.25, 0.3) is 0 Å². The predicted molar refractivity (Wildman–Crippen MR) is 78.3 cm³/mol. The van der Waals surface area contributed by atoms with Crippen molar-refractivity contribution < 1.29 is 0 Å². The number of rotatable bonds is 4. The van der Waals surface area contributed by atoms with Crippen LogP contribution in [0.3, 0.4) is 0 Å². The average Bonchev–Trinajstić information content (AvgIpc) is 2.48. The van der Waals surface area contributed by atoms with Crippen LogP contribution in [0.2, 0.25) is 0 Å². The maximum Gasteiger partial charge on any atom is 0.145 e. The van der Waals surface area contributed by atoms with Gasteiger partial charge < -0.3 is 10.2 Å². The number of nitrogens with one attached hydrogen (secondary N) is 1. The second kappa shape index (κ2) is 5.97. The molecule has 0 bridgehead atoms. The number of nitrogens with zero attached hydrogens (tertiary/aromatic N) is 3. The molecule has 1 aliphatic heterocycles. The van der Waals surface area contributed by atoms with Crippen molar-refractivity contribution in [3.8, 4) is 0 Å². The minimum atomic E-state index is 0.871. The summed E-state index contributed by atoms with van der Waals surface area (Å²) in [4.78, 5) is 11.5.